The van der Waals surface area contributed by atoms with Gasteiger partial charge in [0.2, 0.25) is 0 Å². The highest BCUT2D eigenvalue weighted by Crippen LogP contribution is 2.47. The molecule has 0 bridgehead atoms. The second-order valence-electron chi connectivity index (χ2n) is 12.9. The molecule has 1 amide bonds. The lowest BCUT2D eigenvalue weighted by atomic mass is 9.80. The number of nitrogens with one attached hydrogen (secondary N) is 1. The van der Waals surface area contributed by atoms with E-state index in [9.17, 15) is 9.59 Å². The number of benzene rings is 6. The van der Waals surface area contributed by atoms with Gasteiger partial charge in [-0.15, -0.1) is 5.48 Å². The Bertz CT molecular complexity index is 2140. The summed E-state index contributed by atoms with van der Waals surface area (Å²) in [6.07, 6.45) is -0.524. The van der Waals surface area contributed by atoms with Crippen LogP contribution in [0.4, 0.5) is 4.79 Å². The highest BCUT2D eigenvalue weighted by atomic mass is 35.5. The molecule has 1 atom stereocenters. The zero-order valence-corrected chi connectivity index (χ0v) is 30.1. The van der Waals surface area contributed by atoms with Gasteiger partial charge in [0.15, 0.2) is 17.1 Å². The Hall–Kier alpha value is -6.05. The van der Waals surface area contributed by atoms with Gasteiger partial charge in [-0.25, -0.2) is 9.59 Å². The monoisotopic (exact) mass is 723 g/mol. The summed E-state index contributed by atoms with van der Waals surface area (Å²) >= 11 is 6.90. The van der Waals surface area contributed by atoms with Crippen LogP contribution >= 0.6 is 11.6 Å². The van der Waals surface area contributed by atoms with Crippen molar-refractivity contribution in [1.82, 2.24) is 5.48 Å². The molecule has 6 aromatic rings. The molecule has 6 aromatic carbocycles. The minimum Gasteiger partial charge on any atom is -0.493 e. The first kappa shape index (κ1) is 35.4. The standard InChI is InChI=1S/C45H38ClNO6/c1-30(43(48)53-47-44(49)51-29-38-36-21-11-9-19-34(36)35-20-10-12-22-37(35)38)27-31-25-26-41(42(28-31)50-2)52-45(32-15-5-3-6-16-32,33-17-7-4-8-18-33)39-23-13-14-24-40(39)46/h3-26,28,30,38H,27,29H2,1-2H3,(H,47,49). The van der Waals surface area contributed by atoms with Gasteiger partial charge >= 0.3 is 12.1 Å². The number of methoxy groups -OCH3 is 1. The Kier molecular flexibility index (Phi) is 10.5. The molecule has 0 aromatic heterocycles. The molecule has 0 spiro atoms. The van der Waals surface area contributed by atoms with Crippen LogP contribution in [-0.4, -0.2) is 25.8 Å². The molecule has 8 heteroatoms. The van der Waals surface area contributed by atoms with E-state index < -0.39 is 23.6 Å². The topological polar surface area (TPSA) is 83.1 Å². The van der Waals surface area contributed by atoms with Gasteiger partial charge < -0.3 is 19.0 Å². The number of amides is 1. The molecule has 0 heterocycles. The molecule has 53 heavy (non-hydrogen) atoms. The van der Waals surface area contributed by atoms with Gasteiger partial charge in [-0.05, 0) is 52.4 Å². The van der Waals surface area contributed by atoms with Gasteiger partial charge in [0.25, 0.3) is 0 Å². The molecule has 0 radical (unpaired) electrons. The summed E-state index contributed by atoms with van der Waals surface area (Å²) in [5, 5.41) is 0.551. The van der Waals surface area contributed by atoms with Crippen LogP contribution in [0, 0.1) is 5.92 Å². The highest BCUT2D eigenvalue weighted by Gasteiger charge is 2.41. The predicted octanol–water partition coefficient (Wildman–Crippen LogP) is 9.89. The summed E-state index contributed by atoms with van der Waals surface area (Å²) in [6.45, 7) is 1.83. The fourth-order valence-corrected chi connectivity index (χ4v) is 7.36. The first-order valence-electron chi connectivity index (χ1n) is 17.4. The van der Waals surface area contributed by atoms with E-state index in [-0.39, 0.29) is 12.5 Å². The van der Waals surface area contributed by atoms with Crippen molar-refractivity contribution in [1.29, 1.82) is 0 Å². The average molecular weight is 724 g/mol. The van der Waals surface area contributed by atoms with Crippen LogP contribution in [0.25, 0.3) is 11.1 Å². The van der Waals surface area contributed by atoms with Gasteiger partial charge in [-0.1, -0.05) is 152 Å². The highest BCUT2D eigenvalue weighted by molar-refractivity contribution is 6.31. The number of ether oxygens (including phenoxy) is 3. The van der Waals surface area contributed by atoms with Crippen LogP contribution in [0.1, 0.15) is 46.2 Å². The third-order valence-electron chi connectivity index (χ3n) is 9.63. The molecule has 266 valence electrons. The van der Waals surface area contributed by atoms with Crippen molar-refractivity contribution in [3.05, 3.63) is 190 Å². The van der Waals surface area contributed by atoms with Gasteiger partial charge in [0.1, 0.15) is 6.61 Å². The number of carbonyl (C=O) groups excluding carboxylic acids is 2. The van der Waals surface area contributed by atoms with Gasteiger partial charge in [-0.2, -0.15) is 0 Å². The molecular weight excluding hydrogens is 686 g/mol. The van der Waals surface area contributed by atoms with Crippen molar-refractivity contribution in [2.75, 3.05) is 13.7 Å². The molecule has 7 rings (SSSR count). The Morgan fingerprint density at radius 2 is 1.28 bits per heavy atom. The maximum Gasteiger partial charge on any atom is 0.440 e. The number of fused-ring (bicyclic) bond motifs is 3. The van der Waals surface area contributed by atoms with E-state index in [1.165, 1.54) is 0 Å². The van der Waals surface area contributed by atoms with E-state index in [4.69, 9.17) is 30.6 Å². The lowest BCUT2D eigenvalue weighted by molar-refractivity contribution is -0.154. The molecule has 1 N–H and O–H groups in total. The Balaban J connectivity index is 1.04. The van der Waals surface area contributed by atoms with Crippen LogP contribution in [-0.2, 0) is 26.4 Å². The molecule has 0 saturated carbocycles. The fourth-order valence-electron chi connectivity index (χ4n) is 7.09. The first-order valence-corrected chi connectivity index (χ1v) is 17.8. The summed E-state index contributed by atoms with van der Waals surface area (Å²) in [4.78, 5) is 30.8. The zero-order valence-electron chi connectivity index (χ0n) is 29.3. The number of hydrogen-bond donors (Lipinski definition) is 1. The number of halogens is 1. The number of carbonyl (C=O) groups is 2. The number of hydrogen-bond acceptors (Lipinski definition) is 6. The van der Waals surface area contributed by atoms with Gasteiger partial charge in [0.05, 0.1) is 13.0 Å². The largest absolute Gasteiger partial charge is 0.493 e. The van der Waals surface area contributed by atoms with E-state index >= 15 is 0 Å². The summed E-state index contributed by atoms with van der Waals surface area (Å²) < 4.78 is 18.4. The minimum atomic E-state index is -1.13. The summed E-state index contributed by atoms with van der Waals surface area (Å²) in [7, 11) is 1.57. The van der Waals surface area contributed by atoms with E-state index in [2.05, 4.69) is 17.6 Å². The smallest absolute Gasteiger partial charge is 0.440 e. The quantitative estimate of drug-likeness (QED) is 0.106. The zero-order chi connectivity index (χ0) is 36.8. The molecule has 7 nitrogen and oxygen atoms in total. The Morgan fingerprint density at radius 3 is 1.89 bits per heavy atom. The SMILES string of the molecule is COc1cc(CC(C)C(=O)ONC(=O)OCC2c3ccccc3-c3ccccc32)ccc1OC(c1ccccc1)(c1ccccc1)c1ccccc1Cl. The second kappa shape index (κ2) is 15.7. The van der Waals surface area contributed by atoms with E-state index in [0.29, 0.717) is 22.9 Å². The number of hydroxylamine groups is 1. The maximum absolute atomic E-state index is 13.0. The van der Waals surface area contributed by atoms with Crippen LogP contribution in [0.2, 0.25) is 5.02 Å². The van der Waals surface area contributed by atoms with Crippen molar-refractivity contribution < 1.29 is 28.6 Å². The lowest BCUT2D eigenvalue weighted by Gasteiger charge is -2.37. The molecule has 0 saturated heterocycles. The lowest BCUT2D eigenvalue weighted by Crippen LogP contribution is -2.36. The van der Waals surface area contributed by atoms with Crippen molar-refractivity contribution in [2.24, 2.45) is 5.92 Å². The molecule has 1 unspecified atom stereocenters. The van der Waals surface area contributed by atoms with E-state index in [0.717, 1.165) is 44.5 Å². The minimum absolute atomic E-state index is 0.105. The van der Waals surface area contributed by atoms with Gasteiger partial charge in [-0.3, -0.25) is 0 Å². The van der Waals surface area contributed by atoms with Crippen LogP contribution in [0.15, 0.2) is 152 Å². The fraction of sp³-hybridized carbons (Fsp3) is 0.156. The molecule has 0 fully saturated rings. The molecular formula is C45H38ClNO6. The van der Waals surface area contributed by atoms with Crippen molar-refractivity contribution in [3.63, 3.8) is 0 Å². The van der Waals surface area contributed by atoms with Crippen LogP contribution in [0.5, 0.6) is 11.5 Å². The predicted molar refractivity (Wildman–Crippen MR) is 205 cm³/mol. The van der Waals surface area contributed by atoms with Crippen molar-refractivity contribution in [2.45, 2.75) is 24.9 Å². The maximum atomic E-state index is 13.0. The Labute approximate surface area is 314 Å². The van der Waals surface area contributed by atoms with E-state index in [1.54, 1.807) is 14.0 Å². The first-order chi connectivity index (χ1) is 25.9. The van der Waals surface area contributed by atoms with Crippen molar-refractivity contribution >= 4 is 23.7 Å². The normalized spacial score (nSPS) is 12.6. The average Bonchev–Trinajstić information content (AvgIpc) is 3.53. The third-order valence-corrected chi connectivity index (χ3v) is 9.96. The van der Waals surface area contributed by atoms with Crippen LogP contribution in [0.3, 0.4) is 0 Å². The number of rotatable bonds is 11. The molecule has 1 aliphatic carbocycles. The summed E-state index contributed by atoms with van der Waals surface area (Å²) in [6, 6.07) is 49.2. The van der Waals surface area contributed by atoms with Gasteiger partial charge in [0, 0.05) is 27.6 Å². The molecule has 1 aliphatic rings. The molecule has 0 aliphatic heterocycles. The van der Waals surface area contributed by atoms with E-state index in [1.807, 2.05) is 140 Å². The summed E-state index contributed by atoms with van der Waals surface area (Å²) in [5.74, 6) is -0.362. The van der Waals surface area contributed by atoms with Crippen molar-refractivity contribution in [3.8, 4) is 22.6 Å². The Morgan fingerprint density at radius 1 is 0.717 bits per heavy atom. The summed E-state index contributed by atoms with van der Waals surface area (Å²) in [5.41, 5.74) is 8.81. The second-order valence-corrected chi connectivity index (χ2v) is 13.3. The third kappa shape index (κ3) is 7.21. The van der Waals surface area contributed by atoms with Crippen LogP contribution < -0.4 is 15.0 Å².